The standard InChI is InChI=1S/C19H17NO4/c21-17-13-16(24-19(23)15-9-5-2-6-10-15)18(22)20(17)12-11-14-7-3-1-4-8-14/h1-10,16H,11-13H2/t16-/m1/s1. The van der Waals surface area contributed by atoms with E-state index in [1.165, 1.54) is 4.90 Å². The van der Waals surface area contributed by atoms with Gasteiger partial charge in [-0.1, -0.05) is 48.5 Å². The van der Waals surface area contributed by atoms with Crippen LogP contribution in [0.3, 0.4) is 0 Å². The molecule has 2 aromatic rings. The van der Waals surface area contributed by atoms with Crippen LogP contribution in [0, 0.1) is 0 Å². The number of rotatable bonds is 5. The van der Waals surface area contributed by atoms with E-state index in [0.717, 1.165) is 5.56 Å². The van der Waals surface area contributed by atoms with E-state index in [-0.39, 0.29) is 12.3 Å². The first kappa shape index (κ1) is 15.9. The van der Waals surface area contributed by atoms with Crippen LogP contribution in [0.25, 0.3) is 0 Å². The van der Waals surface area contributed by atoms with Crippen LogP contribution in [0.4, 0.5) is 0 Å². The maximum Gasteiger partial charge on any atom is 0.338 e. The summed E-state index contributed by atoms with van der Waals surface area (Å²) in [6.07, 6.45) is -0.537. The number of carbonyl (C=O) groups excluding carboxylic acids is 3. The second kappa shape index (κ2) is 7.08. The zero-order valence-electron chi connectivity index (χ0n) is 13.1. The number of hydrogen-bond donors (Lipinski definition) is 0. The molecule has 24 heavy (non-hydrogen) atoms. The van der Waals surface area contributed by atoms with Crippen molar-refractivity contribution < 1.29 is 19.1 Å². The molecule has 0 aliphatic carbocycles. The number of carbonyl (C=O) groups is 3. The number of nitrogens with zero attached hydrogens (tertiary/aromatic N) is 1. The zero-order chi connectivity index (χ0) is 16.9. The highest BCUT2D eigenvalue weighted by Gasteiger charge is 2.40. The Morgan fingerprint density at radius 2 is 1.62 bits per heavy atom. The highest BCUT2D eigenvalue weighted by Crippen LogP contribution is 2.18. The first-order valence-electron chi connectivity index (χ1n) is 7.79. The summed E-state index contributed by atoms with van der Waals surface area (Å²) in [4.78, 5) is 37.6. The summed E-state index contributed by atoms with van der Waals surface area (Å²) in [7, 11) is 0. The maximum atomic E-state index is 12.3. The van der Waals surface area contributed by atoms with Gasteiger partial charge in [0.1, 0.15) is 0 Å². The predicted molar refractivity (Wildman–Crippen MR) is 87.1 cm³/mol. The molecule has 5 heteroatoms. The average molecular weight is 323 g/mol. The fourth-order valence-corrected chi connectivity index (χ4v) is 2.64. The topological polar surface area (TPSA) is 63.7 Å². The van der Waals surface area contributed by atoms with Gasteiger partial charge >= 0.3 is 5.97 Å². The van der Waals surface area contributed by atoms with Gasteiger partial charge in [0, 0.05) is 6.54 Å². The molecule has 0 unspecified atom stereocenters. The highest BCUT2D eigenvalue weighted by molar-refractivity contribution is 6.06. The van der Waals surface area contributed by atoms with Gasteiger partial charge in [0.05, 0.1) is 12.0 Å². The smallest absolute Gasteiger partial charge is 0.338 e. The second-order valence-electron chi connectivity index (χ2n) is 5.58. The third-order valence-electron chi connectivity index (χ3n) is 3.93. The Balaban J connectivity index is 1.60. The van der Waals surface area contributed by atoms with E-state index in [9.17, 15) is 14.4 Å². The molecule has 0 bridgehead atoms. The number of esters is 1. The number of benzene rings is 2. The van der Waals surface area contributed by atoms with Crippen molar-refractivity contribution in [2.75, 3.05) is 6.54 Å². The summed E-state index contributed by atoms with van der Waals surface area (Å²) in [5, 5.41) is 0. The van der Waals surface area contributed by atoms with Crippen LogP contribution in [0.15, 0.2) is 60.7 Å². The van der Waals surface area contributed by atoms with Crippen LogP contribution >= 0.6 is 0 Å². The summed E-state index contributed by atoms with van der Waals surface area (Å²) in [5.74, 6) is -1.34. The minimum absolute atomic E-state index is 0.0911. The number of imide groups is 1. The largest absolute Gasteiger partial charge is 0.448 e. The van der Waals surface area contributed by atoms with E-state index in [1.807, 2.05) is 30.3 Å². The van der Waals surface area contributed by atoms with Gasteiger partial charge in [0.25, 0.3) is 5.91 Å². The molecule has 2 amide bonds. The summed E-state index contributed by atoms with van der Waals surface area (Å²) >= 11 is 0. The van der Waals surface area contributed by atoms with E-state index in [0.29, 0.717) is 18.5 Å². The molecule has 0 spiro atoms. The molecule has 1 aliphatic heterocycles. The van der Waals surface area contributed by atoms with Gasteiger partial charge in [-0.25, -0.2) is 4.79 Å². The van der Waals surface area contributed by atoms with Crippen molar-refractivity contribution in [2.24, 2.45) is 0 Å². The molecule has 122 valence electrons. The van der Waals surface area contributed by atoms with Crippen LogP contribution < -0.4 is 0 Å². The van der Waals surface area contributed by atoms with Crippen LogP contribution in [0.5, 0.6) is 0 Å². The lowest BCUT2D eigenvalue weighted by molar-refractivity contribution is -0.140. The van der Waals surface area contributed by atoms with Gasteiger partial charge in [-0.05, 0) is 24.1 Å². The molecule has 0 saturated carbocycles. The molecule has 2 aromatic carbocycles. The van der Waals surface area contributed by atoms with Crippen molar-refractivity contribution >= 4 is 17.8 Å². The van der Waals surface area contributed by atoms with Gasteiger partial charge in [-0.2, -0.15) is 0 Å². The maximum absolute atomic E-state index is 12.3. The molecule has 0 N–H and O–H groups in total. The van der Waals surface area contributed by atoms with Crippen LogP contribution in [-0.2, 0) is 20.7 Å². The number of likely N-dealkylation sites (tertiary alicyclic amines) is 1. The Morgan fingerprint density at radius 1 is 1.00 bits per heavy atom. The number of hydrogen-bond acceptors (Lipinski definition) is 4. The van der Waals surface area contributed by atoms with Crippen molar-refractivity contribution in [1.29, 1.82) is 0 Å². The Kier molecular flexibility index (Phi) is 4.70. The Morgan fingerprint density at radius 3 is 2.29 bits per heavy atom. The Labute approximate surface area is 139 Å². The lowest BCUT2D eigenvalue weighted by Crippen LogP contribution is -2.35. The zero-order valence-corrected chi connectivity index (χ0v) is 13.1. The minimum atomic E-state index is -1.03. The highest BCUT2D eigenvalue weighted by atomic mass is 16.5. The molecule has 0 aromatic heterocycles. The van der Waals surface area contributed by atoms with Gasteiger partial charge in [0.15, 0.2) is 6.10 Å². The van der Waals surface area contributed by atoms with Gasteiger partial charge in [-0.15, -0.1) is 0 Å². The van der Waals surface area contributed by atoms with Crippen molar-refractivity contribution in [3.05, 3.63) is 71.8 Å². The van der Waals surface area contributed by atoms with Crippen LogP contribution in [-0.4, -0.2) is 35.3 Å². The predicted octanol–water partition coefficient (Wildman–Crippen LogP) is 2.21. The van der Waals surface area contributed by atoms with E-state index in [2.05, 4.69) is 0 Å². The van der Waals surface area contributed by atoms with Gasteiger partial charge in [0.2, 0.25) is 5.91 Å². The first-order valence-corrected chi connectivity index (χ1v) is 7.79. The third-order valence-corrected chi connectivity index (χ3v) is 3.93. The van der Waals surface area contributed by atoms with Crippen LogP contribution in [0.2, 0.25) is 0 Å². The quantitative estimate of drug-likeness (QED) is 0.625. The third kappa shape index (κ3) is 3.51. The first-order chi connectivity index (χ1) is 11.6. The van der Waals surface area contributed by atoms with Crippen molar-refractivity contribution in [3.8, 4) is 0 Å². The number of ether oxygens (including phenoxy) is 1. The van der Waals surface area contributed by atoms with Crippen molar-refractivity contribution in [1.82, 2.24) is 4.90 Å². The fourth-order valence-electron chi connectivity index (χ4n) is 2.64. The summed E-state index contributed by atoms with van der Waals surface area (Å²) in [6, 6.07) is 18.0. The molecule has 1 atom stereocenters. The molecular weight excluding hydrogens is 306 g/mol. The van der Waals surface area contributed by atoms with E-state index < -0.39 is 18.0 Å². The van der Waals surface area contributed by atoms with Crippen molar-refractivity contribution in [3.63, 3.8) is 0 Å². The van der Waals surface area contributed by atoms with E-state index >= 15 is 0 Å². The lowest BCUT2D eigenvalue weighted by atomic mass is 10.1. The summed E-state index contributed by atoms with van der Waals surface area (Å²) in [5.41, 5.74) is 1.41. The SMILES string of the molecule is O=C(O[C@@H]1CC(=O)N(CCc2ccccc2)C1=O)c1ccccc1. The minimum Gasteiger partial charge on any atom is -0.448 e. The molecule has 0 radical (unpaired) electrons. The molecule has 1 aliphatic rings. The summed E-state index contributed by atoms with van der Waals surface area (Å²) < 4.78 is 5.21. The van der Waals surface area contributed by atoms with E-state index in [1.54, 1.807) is 30.3 Å². The normalized spacial score (nSPS) is 17.2. The van der Waals surface area contributed by atoms with Gasteiger partial charge < -0.3 is 4.74 Å². The van der Waals surface area contributed by atoms with Crippen molar-refractivity contribution in [2.45, 2.75) is 18.9 Å². The Hall–Kier alpha value is -2.95. The molecule has 1 fully saturated rings. The fraction of sp³-hybridized carbons (Fsp3) is 0.211. The van der Waals surface area contributed by atoms with Crippen LogP contribution in [0.1, 0.15) is 22.3 Å². The molecule has 5 nitrogen and oxygen atoms in total. The lowest BCUT2D eigenvalue weighted by Gasteiger charge is -2.15. The van der Waals surface area contributed by atoms with Gasteiger partial charge in [-0.3, -0.25) is 14.5 Å². The molecule has 1 heterocycles. The van der Waals surface area contributed by atoms with E-state index in [4.69, 9.17) is 4.74 Å². The summed E-state index contributed by atoms with van der Waals surface area (Å²) in [6.45, 7) is 0.293. The number of amides is 2. The molecule has 3 rings (SSSR count). The Bertz CT molecular complexity index is 742. The molecule has 1 saturated heterocycles. The second-order valence-corrected chi connectivity index (χ2v) is 5.58. The average Bonchev–Trinajstić information content (AvgIpc) is 2.88. The molecular formula is C19H17NO4. The monoisotopic (exact) mass is 323 g/mol.